The maximum absolute atomic E-state index is 9.62. The minimum absolute atomic E-state index is 0.0273. The lowest BCUT2D eigenvalue weighted by Gasteiger charge is -2.14. The van der Waals surface area contributed by atoms with Gasteiger partial charge in [-0.1, -0.05) is 90.5 Å². The Morgan fingerprint density at radius 2 is 1.20 bits per heavy atom. The Hall–Kier alpha value is -11.1. The fraction of sp³-hybridized carbons (Fsp3) is 0.152. The second-order valence-electron chi connectivity index (χ2n) is 21.8. The van der Waals surface area contributed by atoms with Crippen LogP contribution in [0.4, 0.5) is 0 Å². The van der Waals surface area contributed by atoms with Gasteiger partial charge in [0.2, 0.25) is 0 Å². The number of H-pyrrole nitrogens is 1. The van der Waals surface area contributed by atoms with Crippen LogP contribution in [0.1, 0.15) is 83.7 Å². The van der Waals surface area contributed by atoms with Gasteiger partial charge in [-0.05, 0) is 187 Å². The van der Waals surface area contributed by atoms with Gasteiger partial charge < -0.3 is 44.0 Å². The van der Waals surface area contributed by atoms with Crippen LogP contribution >= 0.6 is 22.7 Å². The van der Waals surface area contributed by atoms with E-state index in [4.69, 9.17) is 30.3 Å². The molecule has 0 saturated carbocycles. The van der Waals surface area contributed by atoms with Crippen molar-refractivity contribution in [2.45, 2.75) is 47.5 Å². The van der Waals surface area contributed by atoms with E-state index < -0.39 is 0 Å². The van der Waals surface area contributed by atoms with Crippen LogP contribution in [0.15, 0.2) is 176 Å². The van der Waals surface area contributed by atoms with Crippen LogP contribution in [0.5, 0.6) is 28.7 Å². The molecule has 16 heteroatoms. The Kier molecular flexibility index (Phi) is 23.3. The highest BCUT2D eigenvalue weighted by Gasteiger charge is 2.16. The van der Waals surface area contributed by atoms with E-state index in [9.17, 15) is 25.8 Å². The monoisotopic (exact) mass is 1290 g/mol. The van der Waals surface area contributed by atoms with Crippen molar-refractivity contribution < 1.29 is 39.0 Å². The largest absolute Gasteiger partial charge is 0.496 e. The van der Waals surface area contributed by atoms with Gasteiger partial charge in [0.25, 0.3) is 0 Å². The van der Waals surface area contributed by atoms with Crippen molar-refractivity contribution >= 4 is 112 Å². The predicted octanol–water partition coefficient (Wildman–Crippen LogP) is 18.2. The van der Waals surface area contributed by atoms with E-state index in [1.807, 2.05) is 192 Å². The number of hydrogen-bond acceptors (Lipinski definition) is 14. The standard InChI is InChI=1S/C21H18N2O2.C20H20O3S.C19H16N2O2S.C19H16N2O/c1-14-10-16(12-20(24-2)21(14)25-3)17(13-22)11-18-9-8-15-6-4-5-7-19(15)23-18;1-13(7-17-9-14-5-3-4-6-20(14)24-17)15-8-16(11-21)18(12-22)19(10-15)23-2;1-12-16(22-3)9-13(10-17(12)23-4)15(20-2)11-19-21-14-7-5-6-8-18(14)24-19;1-13-6-14(12-22)8-15(7-13)16(10-20)9-17-11-21-19-5-3-2-4-18(17)19/h4-12H,1-3H3;3-10,21-22H,11-12H2,1-2H3;5-11H,1,3-4H3;2-9,11,21-22H,12H2,1H3/b17-11+;13-7-;15-11-;16-9+. The third-order valence-corrected chi connectivity index (χ3v) is 17.6. The van der Waals surface area contributed by atoms with Crippen LogP contribution in [0.3, 0.4) is 0 Å². The lowest BCUT2D eigenvalue weighted by atomic mass is 9.99. The number of para-hydroxylation sites is 3. The van der Waals surface area contributed by atoms with Crippen LogP contribution in [0.25, 0.3) is 93.7 Å². The summed E-state index contributed by atoms with van der Waals surface area (Å²) < 4.78 is 29.3. The zero-order valence-corrected chi connectivity index (χ0v) is 55.7. The fourth-order valence-corrected chi connectivity index (χ4v) is 12.7. The van der Waals surface area contributed by atoms with Gasteiger partial charge >= 0.3 is 0 Å². The van der Waals surface area contributed by atoms with Crippen molar-refractivity contribution in [2.24, 2.45) is 0 Å². The summed E-state index contributed by atoms with van der Waals surface area (Å²) in [6, 6.07) is 59.8. The fourth-order valence-electron chi connectivity index (χ4n) is 10.7. The Labute approximate surface area is 560 Å². The molecular formula is C79H70N6O8S2. The molecule has 0 radical (unpaired) electrons. The number of thiophene rings is 1. The van der Waals surface area contributed by atoms with E-state index in [-0.39, 0.29) is 19.8 Å². The van der Waals surface area contributed by atoms with Gasteiger partial charge in [0, 0.05) is 48.8 Å². The summed E-state index contributed by atoms with van der Waals surface area (Å²) in [5, 5.41) is 51.7. The minimum atomic E-state index is -0.154. The number of fused-ring (bicyclic) bond motifs is 4. The Bertz CT molecular complexity index is 4900. The summed E-state index contributed by atoms with van der Waals surface area (Å²) in [6.07, 6.45) is 9.52. The highest BCUT2D eigenvalue weighted by atomic mass is 32.1. The number of nitrogens with zero attached hydrogens (tertiary/aromatic N) is 5. The summed E-state index contributed by atoms with van der Waals surface area (Å²) in [5.74, 6) is 3.27. The van der Waals surface area contributed by atoms with Crippen molar-refractivity contribution in [1.29, 1.82) is 10.5 Å². The highest BCUT2D eigenvalue weighted by molar-refractivity contribution is 7.20. The van der Waals surface area contributed by atoms with Gasteiger partial charge in [-0.2, -0.15) is 10.5 Å². The molecule has 14 nitrogen and oxygen atoms in total. The molecule has 0 aliphatic rings. The number of allylic oxidation sites excluding steroid dienone is 3. The predicted molar refractivity (Wildman–Crippen MR) is 387 cm³/mol. The molecule has 0 atom stereocenters. The number of aromatic amines is 1. The van der Waals surface area contributed by atoms with E-state index in [1.54, 1.807) is 70.4 Å². The molecular weight excluding hydrogens is 1230 g/mol. The molecule has 0 fully saturated rings. The average Bonchev–Trinajstić information content (AvgIpc) is 2.01. The van der Waals surface area contributed by atoms with E-state index >= 15 is 0 Å². The third-order valence-electron chi connectivity index (χ3n) is 15.5. The van der Waals surface area contributed by atoms with Gasteiger partial charge in [0.05, 0.1) is 107 Å². The van der Waals surface area contributed by atoms with Gasteiger partial charge in [-0.15, -0.1) is 22.7 Å². The number of nitrogens with one attached hydrogen (secondary N) is 1. The van der Waals surface area contributed by atoms with Crippen molar-refractivity contribution in [1.82, 2.24) is 15.0 Å². The molecule has 0 saturated heterocycles. The number of pyridine rings is 1. The summed E-state index contributed by atoms with van der Waals surface area (Å²) >= 11 is 3.32. The number of aromatic nitrogens is 3. The number of thiazole rings is 1. The summed E-state index contributed by atoms with van der Waals surface area (Å²) in [4.78, 5) is 17.2. The molecule has 0 amide bonds. The number of rotatable bonds is 16. The normalized spacial score (nSPS) is 11.5. The number of methoxy groups -OCH3 is 5. The van der Waals surface area contributed by atoms with Gasteiger partial charge in [0.1, 0.15) is 22.3 Å². The molecule has 476 valence electrons. The number of hydrogen-bond donors (Lipinski definition) is 4. The lowest BCUT2D eigenvalue weighted by Crippen LogP contribution is -2.00. The Morgan fingerprint density at radius 1 is 0.568 bits per heavy atom. The van der Waals surface area contributed by atoms with Crippen LogP contribution in [0, 0.1) is 50.0 Å². The first kappa shape index (κ1) is 68.2. The topological polar surface area (TPSA) is 200 Å². The van der Waals surface area contributed by atoms with Crippen molar-refractivity contribution in [3.63, 3.8) is 0 Å². The summed E-state index contributed by atoms with van der Waals surface area (Å²) in [6.45, 7) is 15.1. The number of aliphatic hydroxyl groups is 3. The molecule has 0 spiro atoms. The maximum Gasteiger partial charge on any atom is 0.197 e. The number of aliphatic hydroxyl groups excluding tert-OH is 3. The Morgan fingerprint density at radius 3 is 1.85 bits per heavy atom. The molecule has 0 unspecified atom stereocenters. The lowest BCUT2D eigenvalue weighted by molar-refractivity contribution is 0.254. The Balaban J connectivity index is 0.000000149. The van der Waals surface area contributed by atoms with E-state index in [0.717, 1.165) is 98.4 Å². The van der Waals surface area contributed by atoms with Crippen molar-refractivity contribution in [3.8, 4) is 40.9 Å². The molecule has 4 N–H and O–H groups in total. The number of ether oxygens (including phenoxy) is 5. The zero-order valence-electron chi connectivity index (χ0n) is 54.1. The summed E-state index contributed by atoms with van der Waals surface area (Å²) in [7, 11) is 7.98. The first-order chi connectivity index (χ1) is 46.2. The number of aryl methyl sites for hydroxylation is 2. The van der Waals surface area contributed by atoms with Crippen molar-refractivity contribution in [3.05, 3.63) is 264 Å². The molecule has 0 aliphatic heterocycles. The average molecular weight is 1300 g/mol. The molecule has 0 bridgehead atoms. The quantitative estimate of drug-likeness (QED) is 0.0528. The van der Waals surface area contributed by atoms with Crippen LogP contribution in [-0.4, -0.2) is 65.8 Å². The van der Waals surface area contributed by atoms with Gasteiger partial charge in [-0.25, -0.2) is 14.8 Å². The molecule has 0 aliphatic carbocycles. The molecule has 4 aromatic heterocycles. The first-order valence-electron chi connectivity index (χ1n) is 30.1. The molecule has 12 aromatic rings. The van der Waals surface area contributed by atoms with E-state index in [0.29, 0.717) is 56.7 Å². The SMILES string of the molecule is COc1cc(/C(C#N)=C/c2ccc3ccccc3n2)cc(C)c1OC.COc1cc(/C(C)=C\c2cc3ccccc3s2)cc(CO)c1CO.Cc1cc(CO)cc(/C(C#N)=C/c2c[nH]c3ccccc23)c1.[C-]#[N+]/C(=C\c1nc2ccccc2s1)c1cc(OC)c(C)c(OC)c1. The van der Waals surface area contributed by atoms with Crippen LogP contribution in [0.2, 0.25) is 0 Å². The van der Waals surface area contributed by atoms with Crippen molar-refractivity contribution in [2.75, 3.05) is 35.5 Å². The van der Waals surface area contributed by atoms with Crippen LogP contribution in [-0.2, 0) is 19.8 Å². The minimum Gasteiger partial charge on any atom is -0.496 e. The van der Waals surface area contributed by atoms with Gasteiger partial charge in [0.15, 0.2) is 17.2 Å². The number of nitriles is 2. The third kappa shape index (κ3) is 16.6. The second kappa shape index (κ2) is 32.4. The molecule has 8 aromatic carbocycles. The van der Waals surface area contributed by atoms with Gasteiger partial charge in [-0.3, -0.25) is 0 Å². The van der Waals surface area contributed by atoms with E-state index in [2.05, 4.69) is 56.2 Å². The molecule has 4 heterocycles. The maximum atomic E-state index is 9.62. The second-order valence-corrected chi connectivity index (χ2v) is 23.9. The number of benzene rings is 8. The first-order valence-corrected chi connectivity index (χ1v) is 31.7. The molecule has 12 rings (SSSR count). The highest BCUT2D eigenvalue weighted by Crippen LogP contribution is 2.38. The van der Waals surface area contributed by atoms with E-state index in [1.165, 1.54) is 15.0 Å². The summed E-state index contributed by atoms with van der Waals surface area (Å²) in [5.41, 5.74) is 15.6. The van der Waals surface area contributed by atoms with Crippen LogP contribution < -0.4 is 23.7 Å². The zero-order chi connectivity index (χ0) is 67.5. The smallest absolute Gasteiger partial charge is 0.197 e. The molecule has 95 heavy (non-hydrogen) atoms.